The van der Waals surface area contributed by atoms with Crippen molar-refractivity contribution in [2.24, 2.45) is 0 Å². The number of hydrogen-bond donors (Lipinski definition) is 0. The lowest BCUT2D eigenvalue weighted by Crippen LogP contribution is -2.32. The van der Waals surface area contributed by atoms with Gasteiger partial charge in [0.25, 0.3) is 6.33 Å². The van der Waals surface area contributed by atoms with Crippen molar-refractivity contribution < 1.29 is 23.0 Å². The zero-order chi connectivity index (χ0) is 51.1. The van der Waals surface area contributed by atoms with Crippen LogP contribution in [0.1, 0.15) is 44.6 Å². The molecular weight excluding hydrogens is 769 g/mol. The fourth-order valence-electron chi connectivity index (χ4n) is 8.49. The molecule has 0 radical (unpaired) electrons. The largest absolute Gasteiger partial charge is 0.458 e. The Labute approximate surface area is 381 Å². The molecule has 0 amide bonds. The van der Waals surface area contributed by atoms with Crippen molar-refractivity contribution >= 4 is 32.8 Å². The highest BCUT2D eigenvalue weighted by Gasteiger charge is 2.21. The van der Waals surface area contributed by atoms with Crippen molar-refractivity contribution in [3.63, 3.8) is 0 Å². The van der Waals surface area contributed by atoms with Crippen LogP contribution >= 0.6 is 0 Å². The lowest BCUT2D eigenvalue weighted by molar-refractivity contribution is -0.571. The lowest BCUT2D eigenvalue weighted by atomic mass is 9.95. The molecule has 0 aliphatic heterocycles. The molecule has 3 aromatic heterocycles. The first-order valence-electron chi connectivity index (χ1n) is 25.7. The molecule has 0 saturated carbocycles. The molecule has 11 rings (SSSR count). The van der Waals surface area contributed by atoms with Gasteiger partial charge < -0.3 is 4.74 Å². The molecule has 11 aromatic rings. The zero-order valence-electron chi connectivity index (χ0n) is 44.6. The quantitative estimate of drug-likeness (QED) is 0.107. The van der Waals surface area contributed by atoms with E-state index in [1.54, 1.807) is 22.8 Å². The number of hydrogen-bond acceptors (Lipinski definition) is 2. The molecule has 0 bridgehead atoms. The Morgan fingerprint density at radius 2 is 1.30 bits per heavy atom. The zero-order valence-corrected chi connectivity index (χ0v) is 34.6. The van der Waals surface area contributed by atoms with E-state index in [0.29, 0.717) is 34.1 Å². The second kappa shape index (κ2) is 15.8. The van der Waals surface area contributed by atoms with Gasteiger partial charge in [0.1, 0.15) is 17.3 Å². The normalized spacial score (nSPS) is 13.8. The summed E-state index contributed by atoms with van der Waals surface area (Å²) in [6, 6.07) is 39.9. The summed E-state index contributed by atoms with van der Waals surface area (Å²) in [5.41, 5.74) is 8.24. The number of aromatic nitrogens is 4. The molecule has 8 aromatic carbocycles. The minimum absolute atomic E-state index is 0.128. The minimum Gasteiger partial charge on any atom is -0.458 e. The SMILES string of the molecule is [2H]c1c([2H])c([2H])c(-c2cccc(-c3c([2H])c([2H])c([2H])c([2H])c3[2H])c2-[n+]2[c-]n(-c3cccc(Oc4ccc5c6cc(-c7ccccc7)ccc6n(-c6cc(C(C)C)ccn6)c5c4)c3)c3cccc(C)c32)c([2H])c1[2H]. The number of rotatable bonds is 9. The van der Waals surface area contributed by atoms with E-state index in [0.717, 1.165) is 44.3 Å². The monoisotopic (exact) mass is 822 g/mol. The summed E-state index contributed by atoms with van der Waals surface area (Å²) < 4.78 is 99.8. The number of imidazole rings is 1. The van der Waals surface area contributed by atoms with Crippen molar-refractivity contribution in [1.82, 2.24) is 14.1 Å². The van der Waals surface area contributed by atoms with Gasteiger partial charge in [-0.15, -0.1) is 0 Å². The van der Waals surface area contributed by atoms with E-state index in [2.05, 4.69) is 67.2 Å². The van der Waals surface area contributed by atoms with Crippen LogP contribution in [0.5, 0.6) is 11.5 Å². The van der Waals surface area contributed by atoms with E-state index in [1.165, 1.54) is 5.56 Å². The Hall–Kier alpha value is -8.02. The molecule has 3 heterocycles. The maximum atomic E-state index is 9.07. The van der Waals surface area contributed by atoms with Gasteiger partial charge in [-0.2, -0.15) is 0 Å². The van der Waals surface area contributed by atoms with Crippen LogP contribution < -0.4 is 9.30 Å². The maximum absolute atomic E-state index is 9.07. The summed E-state index contributed by atoms with van der Waals surface area (Å²) >= 11 is 0. The Kier molecular flexibility index (Phi) is 7.14. The molecule has 0 atom stereocenters. The Balaban J connectivity index is 1.09. The van der Waals surface area contributed by atoms with Crippen LogP contribution in [0.3, 0.4) is 0 Å². The molecule has 5 heteroatoms. The highest BCUT2D eigenvalue weighted by molar-refractivity contribution is 6.10. The minimum atomic E-state index is -0.566. The maximum Gasteiger partial charge on any atom is 0.269 e. The molecule has 0 spiro atoms. The Bertz CT molecular complexity index is 3930. The molecule has 0 unspecified atom stereocenters. The third kappa shape index (κ3) is 6.84. The number of benzene rings is 8. The summed E-state index contributed by atoms with van der Waals surface area (Å²) in [6.07, 6.45) is 5.34. The predicted molar refractivity (Wildman–Crippen MR) is 257 cm³/mol. The fraction of sp³-hybridized carbons (Fsp3) is 0.0690. The first-order valence-corrected chi connectivity index (χ1v) is 20.7. The summed E-state index contributed by atoms with van der Waals surface area (Å²) in [7, 11) is 0. The van der Waals surface area contributed by atoms with Gasteiger partial charge in [-0.25, -0.2) is 4.98 Å². The van der Waals surface area contributed by atoms with Gasteiger partial charge in [0.2, 0.25) is 0 Å². The average molecular weight is 823 g/mol. The number of pyridine rings is 1. The van der Waals surface area contributed by atoms with Gasteiger partial charge in [-0.05, 0) is 112 Å². The molecule has 63 heavy (non-hydrogen) atoms. The van der Waals surface area contributed by atoms with Crippen molar-refractivity contribution in [1.29, 1.82) is 0 Å². The fourth-order valence-corrected chi connectivity index (χ4v) is 8.49. The number of nitrogens with zero attached hydrogens (tertiary/aromatic N) is 4. The first-order chi connectivity index (χ1) is 35.1. The average Bonchev–Trinajstić information content (AvgIpc) is 3.96. The summed E-state index contributed by atoms with van der Waals surface area (Å²) in [5, 5.41) is 2.11. The van der Waals surface area contributed by atoms with Gasteiger partial charge in [0.05, 0.1) is 47.1 Å². The standard InChI is InChI=1S/C58H44N4O/c1-39(2)44-32-33-59-56(35-44)62-53-31-28-45(41-17-7-4-8-18-41)34-52(53)51-30-29-48(37-55(51)62)63-47-24-14-23-46(36-47)60-38-61(57-40(3)16-13-27-54(57)60)58-49(42-19-9-5-10-20-42)25-15-26-50(58)43-21-11-6-12-22-43/h4-37,39H,1-3H3/i5D,6D,9D,10D,11D,12D,19D,20D,21D,22D. The van der Waals surface area contributed by atoms with E-state index < -0.39 is 60.4 Å². The second-order valence-electron chi connectivity index (χ2n) is 15.7. The smallest absolute Gasteiger partial charge is 0.269 e. The van der Waals surface area contributed by atoms with Gasteiger partial charge in [-0.3, -0.25) is 13.7 Å². The van der Waals surface area contributed by atoms with E-state index in [1.807, 2.05) is 96.6 Å². The van der Waals surface area contributed by atoms with Crippen LogP contribution in [0.4, 0.5) is 0 Å². The predicted octanol–water partition coefficient (Wildman–Crippen LogP) is 14.4. The summed E-state index contributed by atoms with van der Waals surface area (Å²) in [4.78, 5) is 4.87. The molecular formula is C58H44N4O. The van der Waals surface area contributed by atoms with Crippen LogP contribution in [0.25, 0.3) is 83.4 Å². The summed E-state index contributed by atoms with van der Waals surface area (Å²) in [5.74, 6) is 2.18. The van der Waals surface area contributed by atoms with Crippen LogP contribution in [-0.4, -0.2) is 14.1 Å². The summed E-state index contributed by atoms with van der Waals surface area (Å²) in [6.45, 7) is 6.23. The molecule has 0 aliphatic carbocycles. The Morgan fingerprint density at radius 1 is 0.587 bits per heavy atom. The first kappa shape index (κ1) is 28.5. The molecule has 0 N–H and O–H groups in total. The van der Waals surface area contributed by atoms with Crippen LogP contribution in [0.2, 0.25) is 0 Å². The van der Waals surface area contributed by atoms with Gasteiger partial charge in [0.15, 0.2) is 0 Å². The van der Waals surface area contributed by atoms with Crippen LogP contribution in [-0.2, 0) is 0 Å². The highest BCUT2D eigenvalue weighted by Crippen LogP contribution is 2.39. The highest BCUT2D eigenvalue weighted by atomic mass is 16.5. The molecule has 0 fully saturated rings. The number of aryl methyl sites for hydroxylation is 1. The molecule has 302 valence electrons. The number of ether oxygens (including phenoxy) is 1. The van der Waals surface area contributed by atoms with Crippen molar-refractivity contribution in [3.8, 4) is 62.1 Å². The topological polar surface area (TPSA) is 35.9 Å². The van der Waals surface area contributed by atoms with E-state index in [-0.39, 0.29) is 27.9 Å². The molecule has 0 saturated heterocycles. The van der Waals surface area contributed by atoms with Gasteiger partial charge in [-0.1, -0.05) is 153 Å². The van der Waals surface area contributed by atoms with Crippen molar-refractivity contribution in [3.05, 3.63) is 224 Å². The van der Waals surface area contributed by atoms with E-state index in [4.69, 9.17) is 23.4 Å². The number of para-hydroxylation sites is 2. The second-order valence-corrected chi connectivity index (χ2v) is 15.7. The van der Waals surface area contributed by atoms with Gasteiger partial charge in [0, 0.05) is 23.0 Å². The lowest BCUT2D eigenvalue weighted by Gasteiger charge is -2.17. The molecule has 5 nitrogen and oxygen atoms in total. The van der Waals surface area contributed by atoms with Gasteiger partial charge >= 0.3 is 0 Å². The Morgan fingerprint density at radius 3 is 2.05 bits per heavy atom. The van der Waals surface area contributed by atoms with Crippen LogP contribution in [0, 0.1) is 13.3 Å². The third-order valence-electron chi connectivity index (χ3n) is 11.5. The van der Waals surface area contributed by atoms with Crippen molar-refractivity contribution in [2.45, 2.75) is 26.7 Å². The van der Waals surface area contributed by atoms with E-state index >= 15 is 0 Å². The van der Waals surface area contributed by atoms with Crippen LogP contribution in [0.15, 0.2) is 206 Å². The molecule has 0 aliphatic rings. The third-order valence-corrected chi connectivity index (χ3v) is 11.5. The number of fused-ring (bicyclic) bond motifs is 4. The van der Waals surface area contributed by atoms with Crippen molar-refractivity contribution in [2.75, 3.05) is 0 Å². The van der Waals surface area contributed by atoms with E-state index in [9.17, 15) is 0 Å².